The van der Waals surface area contributed by atoms with E-state index < -0.39 is 5.97 Å². The number of carbonyl (C=O) groups excluding carboxylic acids is 3. The van der Waals surface area contributed by atoms with Crippen LogP contribution in [0, 0.1) is 0 Å². The summed E-state index contributed by atoms with van der Waals surface area (Å²) in [4.78, 5) is 37.3. The zero-order valence-corrected chi connectivity index (χ0v) is 24.3. The molecule has 4 rings (SSSR count). The Morgan fingerprint density at radius 1 is 0.881 bits per heavy atom. The highest BCUT2D eigenvalue weighted by Gasteiger charge is 2.19. The Morgan fingerprint density at radius 3 is 2.31 bits per heavy atom. The molecular formula is C30H31N5O6S. The number of carbonyl (C=O) groups is 3. The molecule has 12 heteroatoms. The van der Waals surface area contributed by atoms with E-state index in [2.05, 4.69) is 20.8 Å². The van der Waals surface area contributed by atoms with Crippen molar-refractivity contribution in [3.63, 3.8) is 0 Å². The Kier molecular flexibility index (Phi) is 10.5. The van der Waals surface area contributed by atoms with Gasteiger partial charge < -0.3 is 24.8 Å². The van der Waals surface area contributed by atoms with Gasteiger partial charge in [-0.1, -0.05) is 36.0 Å². The van der Waals surface area contributed by atoms with Gasteiger partial charge in [0.05, 0.1) is 50.8 Å². The first-order valence-corrected chi connectivity index (χ1v) is 14.1. The lowest BCUT2D eigenvalue weighted by Crippen LogP contribution is -2.26. The summed E-state index contributed by atoms with van der Waals surface area (Å²) in [6, 6.07) is 21.1. The third-order valence-electron chi connectivity index (χ3n) is 6.01. The molecule has 218 valence electrons. The van der Waals surface area contributed by atoms with E-state index >= 15 is 0 Å². The third-order valence-corrected chi connectivity index (χ3v) is 6.93. The number of amides is 2. The fourth-order valence-electron chi connectivity index (χ4n) is 3.96. The number of thioether (sulfide) groups is 1. The summed E-state index contributed by atoms with van der Waals surface area (Å²) in [5.74, 6) is 0.932. The van der Waals surface area contributed by atoms with E-state index in [4.69, 9.17) is 14.2 Å². The van der Waals surface area contributed by atoms with Gasteiger partial charge in [0.2, 0.25) is 11.8 Å². The van der Waals surface area contributed by atoms with E-state index in [1.165, 1.54) is 11.8 Å². The average Bonchev–Trinajstić information content (AvgIpc) is 3.42. The highest BCUT2D eigenvalue weighted by Crippen LogP contribution is 2.29. The van der Waals surface area contributed by atoms with Crippen LogP contribution in [0.1, 0.15) is 28.7 Å². The number of hydrogen-bond donors (Lipinski definition) is 2. The second-order valence-electron chi connectivity index (χ2n) is 8.84. The summed E-state index contributed by atoms with van der Waals surface area (Å²) < 4.78 is 17.5. The molecule has 2 amide bonds. The summed E-state index contributed by atoms with van der Waals surface area (Å²) in [5.41, 5.74) is 2.46. The molecule has 0 aliphatic heterocycles. The monoisotopic (exact) mass is 589 g/mol. The second-order valence-corrected chi connectivity index (χ2v) is 9.78. The Hall–Kier alpha value is -4.84. The summed E-state index contributed by atoms with van der Waals surface area (Å²) in [6.07, 6.45) is 0.190. The fraction of sp³-hybridized carbons (Fsp3) is 0.233. The van der Waals surface area contributed by atoms with Crippen LogP contribution in [0.2, 0.25) is 0 Å². The predicted molar refractivity (Wildman–Crippen MR) is 158 cm³/mol. The molecule has 2 N–H and O–H groups in total. The van der Waals surface area contributed by atoms with Crippen molar-refractivity contribution in [2.75, 3.05) is 31.9 Å². The zero-order valence-electron chi connectivity index (χ0n) is 23.5. The van der Waals surface area contributed by atoms with Crippen LogP contribution < -0.4 is 20.1 Å². The SMILES string of the molecule is CCOC(=O)c1ccc(NC(=O)CSc2nnc(CNC(=O)Cc3ccc(OC)cc3)n2-c2ccccc2OC)cc1. The van der Waals surface area contributed by atoms with Crippen LogP contribution >= 0.6 is 11.8 Å². The third kappa shape index (κ3) is 7.88. The molecule has 0 aliphatic rings. The van der Waals surface area contributed by atoms with E-state index in [1.54, 1.807) is 62.1 Å². The summed E-state index contributed by atoms with van der Waals surface area (Å²) in [7, 11) is 3.15. The number of methoxy groups -OCH3 is 2. The Balaban J connectivity index is 1.44. The largest absolute Gasteiger partial charge is 0.497 e. The van der Waals surface area contributed by atoms with Gasteiger partial charge in [-0.2, -0.15) is 0 Å². The molecule has 0 fully saturated rings. The van der Waals surface area contributed by atoms with Gasteiger partial charge >= 0.3 is 5.97 Å². The van der Waals surface area contributed by atoms with E-state index in [9.17, 15) is 14.4 Å². The average molecular weight is 590 g/mol. The van der Waals surface area contributed by atoms with Crippen molar-refractivity contribution in [1.29, 1.82) is 0 Å². The van der Waals surface area contributed by atoms with Crippen LogP contribution in [0.15, 0.2) is 78.0 Å². The fourth-order valence-corrected chi connectivity index (χ4v) is 4.73. The maximum Gasteiger partial charge on any atom is 0.338 e. The predicted octanol–water partition coefficient (Wildman–Crippen LogP) is 4.05. The maximum absolute atomic E-state index is 12.7. The van der Waals surface area contributed by atoms with Gasteiger partial charge in [-0.25, -0.2) is 4.79 Å². The minimum Gasteiger partial charge on any atom is -0.497 e. The Labute approximate surface area is 247 Å². The normalized spacial score (nSPS) is 10.5. The molecule has 4 aromatic rings. The van der Waals surface area contributed by atoms with Crippen molar-refractivity contribution >= 4 is 35.2 Å². The van der Waals surface area contributed by atoms with E-state index in [1.807, 2.05) is 36.4 Å². The van der Waals surface area contributed by atoms with Crippen molar-refractivity contribution < 1.29 is 28.6 Å². The van der Waals surface area contributed by atoms with Crippen LogP contribution in [0.5, 0.6) is 11.5 Å². The highest BCUT2D eigenvalue weighted by molar-refractivity contribution is 7.99. The number of nitrogens with zero attached hydrogens (tertiary/aromatic N) is 3. The minimum absolute atomic E-state index is 0.0384. The van der Waals surface area contributed by atoms with Crippen LogP contribution in [0.3, 0.4) is 0 Å². The molecule has 0 aliphatic carbocycles. The molecule has 1 heterocycles. The molecule has 42 heavy (non-hydrogen) atoms. The number of aromatic nitrogens is 3. The number of anilines is 1. The smallest absolute Gasteiger partial charge is 0.338 e. The zero-order chi connectivity index (χ0) is 29.9. The number of para-hydroxylation sites is 2. The lowest BCUT2D eigenvalue weighted by atomic mass is 10.1. The first-order valence-electron chi connectivity index (χ1n) is 13.1. The van der Waals surface area contributed by atoms with Gasteiger partial charge in [0.25, 0.3) is 0 Å². The van der Waals surface area contributed by atoms with Crippen LogP contribution in [0.25, 0.3) is 5.69 Å². The number of esters is 1. The quantitative estimate of drug-likeness (QED) is 0.175. The maximum atomic E-state index is 12.7. The van der Waals surface area contributed by atoms with Crippen LogP contribution in [0.4, 0.5) is 5.69 Å². The minimum atomic E-state index is -0.422. The van der Waals surface area contributed by atoms with Crippen molar-refractivity contribution in [2.24, 2.45) is 0 Å². The first kappa shape index (κ1) is 30.1. The molecular weight excluding hydrogens is 558 g/mol. The molecule has 0 bridgehead atoms. The molecule has 0 atom stereocenters. The van der Waals surface area contributed by atoms with Crippen molar-refractivity contribution in [1.82, 2.24) is 20.1 Å². The van der Waals surface area contributed by atoms with Gasteiger partial charge in [0.1, 0.15) is 11.5 Å². The van der Waals surface area contributed by atoms with Gasteiger partial charge in [-0.15, -0.1) is 10.2 Å². The lowest BCUT2D eigenvalue weighted by molar-refractivity contribution is -0.120. The number of nitrogens with one attached hydrogen (secondary N) is 2. The van der Waals surface area contributed by atoms with E-state index in [0.29, 0.717) is 33.7 Å². The van der Waals surface area contributed by atoms with Crippen molar-refractivity contribution in [2.45, 2.75) is 25.0 Å². The van der Waals surface area contributed by atoms with E-state index in [0.717, 1.165) is 11.3 Å². The molecule has 11 nitrogen and oxygen atoms in total. The second kappa shape index (κ2) is 14.7. The van der Waals surface area contributed by atoms with Crippen molar-refractivity contribution in [3.05, 3.63) is 89.7 Å². The summed E-state index contributed by atoms with van der Waals surface area (Å²) >= 11 is 1.19. The van der Waals surface area contributed by atoms with Crippen LogP contribution in [-0.2, 0) is 27.3 Å². The first-order chi connectivity index (χ1) is 20.4. The summed E-state index contributed by atoms with van der Waals surface area (Å²) in [5, 5.41) is 14.8. The van der Waals surface area contributed by atoms with Gasteiger partial charge in [0, 0.05) is 5.69 Å². The molecule has 0 saturated heterocycles. The van der Waals surface area contributed by atoms with E-state index in [-0.39, 0.29) is 37.1 Å². The number of hydrogen-bond acceptors (Lipinski definition) is 9. The molecule has 0 spiro atoms. The Morgan fingerprint density at radius 2 is 1.62 bits per heavy atom. The molecule has 1 aromatic heterocycles. The van der Waals surface area contributed by atoms with Gasteiger partial charge in [-0.05, 0) is 61.0 Å². The molecule has 0 saturated carbocycles. The van der Waals surface area contributed by atoms with Gasteiger partial charge in [-0.3, -0.25) is 14.2 Å². The van der Waals surface area contributed by atoms with Gasteiger partial charge in [0.15, 0.2) is 11.0 Å². The van der Waals surface area contributed by atoms with Crippen molar-refractivity contribution in [3.8, 4) is 17.2 Å². The topological polar surface area (TPSA) is 134 Å². The summed E-state index contributed by atoms with van der Waals surface area (Å²) in [6.45, 7) is 2.13. The number of ether oxygens (including phenoxy) is 3. The lowest BCUT2D eigenvalue weighted by Gasteiger charge is -2.14. The molecule has 0 radical (unpaired) electrons. The number of benzene rings is 3. The standard InChI is InChI=1S/C30H31N5O6S/c1-4-41-29(38)21-11-13-22(14-12-21)32-28(37)19-42-30-34-33-26(35(30)24-7-5-6-8-25(24)40-3)18-31-27(36)17-20-9-15-23(39-2)16-10-20/h5-16H,4,17-19H2,1-3H3,(H,31,36)(H,32,37). The molecule has 0 unspecified atom stereocenters. The highest BCUT2D eigenvalue weighted by atomic mass is 32.2. The van der Waals surface area contributed by atoms with Crippen LogP contribution in [-0.4, -0.2) is 59.1 Å². The number of rotatable bonds is 13. The Bertz CT molecular complexity index is 1520. The molecule has 3 aromatic carbocycles.